The van der Waals surface area contributed by atoms with Crippen molar-refractivity contribution in [2.24, 2.45) is 5.92 Å². The first-order chi connectivity index (χ1) is 11.7. The molecule has 0 atom stereocenters. The van der Waals surface area contributed by atoms with Gasteiger partial charge in [0.1, 0.15) is 11.6 Å². The molecule has 2 rings (SSSR count). The molecular formula is C16H17F5O4. The largest absolute Gasteiger partial charge is 0.491 e. The Labute approximate surface area is 140 Å². The van der Waals surface area contributed by atoms with Crippen LogP contribution >= 0.6 is 0 Å². The van der Waals surface area contributed by atoms with E-state index in [1.165, 1.54) is 12.1 Å². The van der Waals surface area contributed by atoms with Gasteiger partial charge in [-0.2, -0.15) is 13.2 Å². The maximum absolute atomic E-state index is 13.9. The quantitative estimate of drug-likeness (QED) is 0.589. The molecule has 1 aliphatic rings. The van der Waals surface area contributed by atoms with Gasteiger partial charge in [-0.3, -0.25) is 0 Å². The molecule has 0 aliphatic carbocycles. The van der Waals surface area contributed by atoms with Gasteiger partial charge in [0, 0.05) is 11.5 Å². The van der Waals surface area contributed by atoms with Crippen LogP contribution in [0.3, 0.4) is 0 Å². The number of halogens is 5. The number of aryl methyl sites for hydroxylation is 1. The Hall–Kier alpha value is -1.74. The maximum atomic E-state index is 13.9. The van der Waals surface area contributed by atoms with Gasteiger partial charge < -0.3 is 14.2 Å². The van der Waals surface area contributed by atoms with Gasteiger partial charge in [-0.15, -0.1) is 0 Å². The van der Waals surface area contributed by atoms with E-state index in [4.69, 9.17) is 9.47 Å². The minimum absolute atomic E-state index is 0.0495. The van der Waals surface area contributed by atoms with Crippen LogP contribution in [-0.2, 0) is 31.8 Å². The smallest absolute Gasteiger partial charge is 0.404 e. The average Bonchev–Trinajstić information content (AvgIpc) is 2.54. The Bertz CT molecular complexity index is 586. The van der Waals surface area contributed by atoms with Crippen molar-refractivity contribution < 1.29 is 41.0 Å². The summed E-state index contributed by atoms with van der Waals surface area (Å²) in [4.78, 5) is 10.7. The highest BCUT2D eigenvalue weighted by molar-refractivity contribution is 5.75. The van der Waals surface area contributed by atoms with Crippen molar-refractivity contribution in [1.29, 1.82) is 0 Å². The van der Waals surface area contributed by atoms with E-state index in [1.54, 1.807) is 6.92 Å². The Morgan fingerprint density at radius 2 is 1.76 bits per heavy atom. The van der Waals surface area contributed by atoms with Gasteiger partial charge in [-0.1, -0.05) is 6.92 Å². The van der Waals surface area contributed by atoms with E-state index in [9.17, 15) is 26.7 Å². The predicted octanol–water partition coefficient (Wildman–Crippen LogP) is 3.51. The highest BCUT2D eigenvalue weighted by atomic mass is 19.4. The fraction of sp³-hybridized carbons (Fsp3) is 0.562. The first-order valence-electron chi connectivity index (χ1n) is 7.68. The molecule has 0 spiro atoms. The van der Waals surface area contributed by atoms with Crippen molar-refractivity contribution in [3.05, 3.63) is 34.9 Å². The lowest BCUT2D eigenvalue weighted by molar-refractivity contribution is -0.320. The second-order valence-corrected chi connectivity index (χ2v) is 5.65. The predicted molar refractivity (Wildman–Crippen MR) is 75.4 cm³/mol. The molecule has 0 amide bonds. The van der Waals surface area contributed by atoms with Crippen molar-refractivity contribution in [3.8, 4) is 0 Å². The number of hydrogen-bond acceptors (Lipinski definition) is 4. The van der Waals surface area contributed by atoms with Crippen LogP contribution in [0.5, 0.6) is 0 Å². The molecule has 1 fully saturated rings. The van der Waals surface area contributed by atoms with Crippen molar-refractivity contribution in [2.45, 2.75) is 38.8 Å². The minimum atomic E-state index is -5.14. The summed E-state index contributed by atoms with van der Waals surface area (Å²) in [7, 11) is 0. The Morgan fingerprint density at radius 3 is 2.24 bits per heavy atom. The topological polar surface area (TPSA) is 44.8 Å². The third kappa shape index (κ3) is 5.37. The van der Waals surface area contributed by atoms with E-state index in [-0.39, 0.29) is 31.1 Å². The summed E-state index contributed by atoms with van der Waals surface area (Å²) in [6, 6.07) is 2.55. The molecular weight excluding hydrogens is 351 g/mol. The number of esters is 1. The molecule has 1 saturated heterocycles. The molecule has 140 valence electrons. The summed E-state index contributed by atoms with van der Waals surface area (Å²) in [5.41, 5.74) is 0.500. The fourth-order valence-corrected chi connectivity index (χ4v) is 2.36. The molecule has 4 nitrogen and oxygen atoms in total. The van der Waals surface area contributed by atoms with Crippen LogP contribution < -0.4 is 0 Å². The first-order valence-corrected chi connectivity index (χ1v) is 7.68. The molecule has 1 heterocycles. The number of rotatable bonds is 5. The van der Waals surface area contributed by atoms with Crippen LogP contribution in [0.2, 0.25) is 0 Å². The third-order valence-corrected chi connectivity index (χ3v) is 3.78. The number of hydrogen-bond donors (Lipinski definition) is 0. The first kappa shape index (κ1) is 19.6. The minimum Gasteiger partial charge on any atom is -0.404 e. The maximum Gasteiger partial charge on any atom is 0.491 e. The molecule has 25 heavy (non-hydrogen) atoms. The zero-order valence-electron chi connectivity index (χ0n) is 13.4. The summed E-state index contributed by atoms with van der Waals surface area (Å²) in [5, 5.41) is 0. The summed E-state index contributed by atoms with van der Waals surface area (Å²) in [6.45, 7) is -0.0483. The van der Waals surface area contributed by atoms with Gasteiger partial charge in [0.05, 0.1) is 13.2 Å². The third-order valence-electron chi connectivity index (χ3n) is 3.78. The molecule has 0 radical (unpaired) electrons. The van der Waals surface area contributed by atoms with Crippen LogP contribution in [0.15, 0.2) is 12.1 Å². The zero-order chi connectivity index (χ0) is 18.6. The van der Waals surface area contributed by atoms with Crippen LogP contribution in [0.25, 0.3) is 0 Å². The van der Waals surface area contributed by atoms with Crippen molar-refractivity contribution >= 4 is 5.97 Å². The summed E-state index contributed by atoms with van der Waals surface area (Å²) in [6.07, 6.45) is -4.23. The highest BCUT2D eigenvalue weighted by Gasteiger charge is 2.43. The molecule has 0 N–H and O–H groups in total. The van der Waals surface area contributed by atoms with Gasteiger partial charge >= 0.3 is 18.6 Å². The summed E-state index contributed by atoms with van der Waals surface area (Å²) < 4.78 is 77.8. The molecule has 0 aromatic heterocycles. The average molecular weight is 368 g/mol. The number of ether oxygens (including phenoxy) is 3. The highest BCUT2D eigenvalue weighted by Crippen LogP contribution is 2.24. The second kappa shape index (κ2) is 8.09. The van der Waals surface area contributed by atoms with Crippen LogP contribution in [0, 0.1) is 17.6 Å². The van der Waals surface area contributed by atoms with Gasteiger partial charge in [-0.25, -0.2) is 13.6 Å². The second-order valence-electron chi connectivity index (χ2n) is 5.65. The van der Waals surface area contributed by atoms with Gasteiger partial charge in [-0.05, 0) is 37.0 Å². The SMILES string of the molecule is CCc1cc(F)c(CCC2COC(OC(=O)C(F)(F)F)OC2)c(F)c1. The standard InChI is InChI=1S/C16H17F5O4/c1-2-9-5-12(17)11(13(18)6-9)4-3-10-7-23-15(24-8-10)25-14(22)16(19,20)21/h5-6,10,15H,2-4,7-8H2,1H3. The van der Waals surface area contributed by atoms with E-state index >= 15 is 0 Å². The van der Waals surface area contributed by atoms with Crippen molar-refractivity contribution in [1.82, 2.24) is 0 Å². The summed E-state index contributed by atoms with van der Waals surface area (Å²) >= 11 is 0. The van der Waals surface area contributed by atoms with Crippen molar-refractivity contribution in [3.63, 3.8) is 0 Å². The van der Waals surface area contributed by atoms with Crippen LogP contribution in [-0.4, -0.2) is 31.8 Å². The Morgan fingerprint density at radius 1 is 1.20 bits per heavy atom. The number of carbonyl (C=O) groups is 1. The van der Waals surface area contributed by atoms with Gasteiger partial charge in [0.2, 0.25) is 0 Å². The molecule has 0 bridgehead atoms. The van der Waals surface area contributed by atoms with Gasteiger partial charge in [0.25, 0.3) is 0 Å². The zero-order valence-corrected chi connectivity index (χ0v) is 13.4. The molecule has 1 aromatic carbocycles. The lowest BCUT2D eigenvalue weighted by atomic mass is 9.98. The van der Waals surface area contributed by atoms with E-state index in [0.717, 1.165) is 0 Å². The normalized spacial score (nSPS) is 21.2. The van der Waals surface area contributed by atoms with E-state index < -0.39 is 30.3 Å². The molecule has 1 aromatic rings. The van der Waals surface area contributed by atoms with E-state index in [1.807, 2.05) is 0 Å². The molecule has 0 unspecified atom stereocenters. The fourth-order valence-electron chi connectivity index (χ4n) is 2.36. The molecule has 9 heteroatoms. The molecule has 1 aliphatic heterocycles. The van der Waals surface area contributed by atoms with Crippen LogP contribution in [0.1, 0.15) is 24.5 Å². The monoisotopic (exact) mass is 368 g/mol. The van der Waals surface area contributed by atoms with E-state index in [2.05, 4.69) is 4.74 Å². The lowest BCUT2D eigenvalue weighted by Crippen LogP contribution is -2.38. The number of carbonyl (C=O) groups excluding carboxylic acids is 1. The number of benzene rings is 1. The Kier molecular flexibility index (Phi) is 6.34. The molecule has 0 saturated carbocycles. The van der Waals surface area contributed by atoms with Gasteiger partial charge in [0.15, 0.2) is 0 Å². The lowest BCUT2D eigenvalue weighted by Gasteiger charge is -2.28. The van der Waals surface area contributed by atoms with Crippen molar-refractivity contribution in [2.75, 3.05) is 13.2 Å². The van der Waals surface area contributed by atoms with Crippen LogP contribution in [0.4, 0.5) is 22.0 Å². The van der Waals surface area contributed by atoms with E-state index in [0.29, 0.717) is 18.4 Å². The number of alkyl halides is 3. The Balaban J connectivity index is 1.82. The summed E-state index contributed by atoms with van der Waals surface area (Å²) in [5.74, 6) is -3.96.